The quantitative estimate of drug-likeness (QED) is 0.108. The molecule has 1 heterocycles. The van der Waals surface area contributed by atoms with Gasteiger partial charge < -0.3 is 23.7 Å². The molecule has 6 aromatic rings. The third-order valence-corrected chi connectivity index (χ3v) is 9.46. The fourth-order valence-corrected chi connectivity index (χ4v) is 7.46. The summed E-state index contributed by atoms with van der Waals surface area (Å²) in [6, 6.07) is 39.9. The summed E-state index contributed by atoms with van der Waals surface area (Å²) in [6.07, 6.45) is -0.107. The SMILES string of the molecule is Cc1cc(C)cc(COC[C@@H](O)[C@@H](OCc2cc(C)cc(C)c2)[C@@H](Cc2occ(-c3ccccc3)c2-c2ccccc2)OCc2cc(C)cc(C)c2)c1. The number of ether oxygens (including phenoxy) is 3. The Balaban J connectivity index is 1.36. The second-order valence-corrected chi connectivity index (χ2v) is 14.6. The molecular weight excluding hydrogens is 657 g/mol. The van der Waals surface area contributed by atoms with Gasteiger partial charge in [-0.3, -0.25) is 0 Å². The van der Waals surface area contributed by atoms with Crippen LogP contribution in [-0.2, 0) is 40.5 Å². The predicted octanol–water partition coefficient (Wildman–Crippen LogP) is 10.8. The minimum Gasteiger partial charge on any atom is -0.468 e. The first-order valence-corrected chi connectivity index (χ1v) is 18.5. The van der Waals surface area contributed by atoms with Gasteiger partial charge in [0.15, 0.2) is 0 Å². The van der Waals surface area contributed by atoms with Crippen LogP contribution in [0.25, 0.3) is 22.3 Å². The van der Waals surface area contributed by atoms with Crippen LogP contribution in [0, 0.1) is 41.5 Å². The Morgan fingerprint density at radius 3 is 1.51 bits per heavy atom. The third kappa shape index (κ3) is 10.4. The van der Waals surface area contributed by atoms with Gasteiger partial charge in [0.05, 0.1) is 38.8 Å². The first-order chi connectivity index (χ1) is 25.6. The molecule has 1 aromatic heterocycles. The molecule has 0 saturated carbocycles. The van der Waals surface area contributed by atoms with Crippen LogP contribution in [0.3, 0.4) is 0 Å². The number of hydrogen-bond donors (Lipinski definition) is 1. The molecule has 1 N–H and O–H groups in total. The zero-order valence-electron chi connectivity index (χ0n) is 31.9. The molecule has 0 aliphatic heterocycles. The van der Waals surface area contributed by atoms with E-state index in [-0.39, 0.29) is 6.61 Å². The molecule has 0 amide bonds. The summed E-state index contributed by atoms with van der Waals surface area (Å²) in [6.45, 7) is 13.7. The van der Waals surface area contributed by atoms with Crippen molar-refractivity contribution < 1.29 is 23.7 Å². The molecule has 6 rings (SSSR count). The molecule has 0 unspecified atom stereocenters. The highest BCUT2D eigenvalue weighted by atomic mass is 16.6. The average Bonchev–Trinajstić information content (AvgIpc) is 3.53. The summed E-state index contributed by atoms with van der Waals surface area (Å²) in [4.78, 5) is 0. The second-order valence-electron chi connectivity index (χ2n) is 14.6. The molecular formula is C48H52O5. The van der Waals surface area contributed by atoms with E-state index in [1.807, 2.05) is 42.7 Å². The van der Waals surface area contributed by atoms with Crippen LogP contribution in [0.1, 0.15) is 55.8 Å². The normalized spacial score (nSPS) is 13.2. The maximum absolute atomic E-state index is 12.0. The third-order valence-electron chi connectivity index (χ3n) is 9.46. The van der Waals surface area contributed by atoms with Gasteiger partial charge in [-0.2, -0.15) is 0 Å². The van der Waals surface area contributed by atoms with E-state index in [0.29, 0.717) is 26.2 Å². The standard InChI is InChI=1S/C48H52O5/c1-32-17-33(2)21-38(20-32)27-50-31-44(49)48(53-29-40-24-36(5)19-37(6)25-40)46(51-28-39-22-34(3)18-35(4)23-39)26-45-47(42-15-11-8-12-16-42)43(30-52-45)41-13-9-7-10-14-41/h7-25,30,44,46,48-49H,26-29,31H2,1-6H3/t44-,46-,48-/m1/s1. The lowest BCUT2D eigenvalue weighted by molar-refractivity contribution is -0.148. The summed E-state index contributed by atoms with van der Waals surface area (Å²) < 4.78 is 26.3. The van der Waals surface area contributed by atoms with E-state index < -0.39 is 18.3 Å². The molecule has 0 spiro atoms. The highest BCUT2D eigenvalue weighted by Gasteiger charge is 2.33. The molecule has 0 fully saturated rings. The van der Waals surface area contributed by atoms with Gasteiger partial charge in [-0.15, -0.1) is 0 Å². The molecule has 0 bridgehead atoms. The van der Waals surface area contributed by atoms with Crippen LogP contribution in [0.15, 0.2) is 126 Å². The zero-order valence-corrected chi connectivity index (χ0v) is 31.9. The molecule has 274 valence electrons. The molecule has 5 heteroatoms. The maximum Gasteiger partial charge on any atom is 0.114 e. The largest absolute Gasteiger partial charge is 0.468 e. The van der Waals surface area contributed by atoms with Crippen molar-refractivity contribution in [1.29, 1.82) is 0 Å². The summed E-state index contributed by atoms with van der Waals surface area (Å²) in [5.41, 5.74) is 14.3. The van der Waals surface area contributed by atoms with E-state index in [2.05, 4.69) is 120 Å². The predicted molar refractivity (Wildman–Crippen MR) is 214 cm³/mol. The topological polar surface area (TPSA) is 61.1 Å². The zero-order chi connectivity index (χ0) is 37.3. The lowest BCUT2D eigenvalue weighted by Gasteiger charge is -2.31. The van der Waals surface area contributed by atoms with Gasteiger partial charge in [0.1, 0.15) is 18.0 Å². The van der Waals surface area contributed by atoms with Crippen LogP contribution >= 0.6 is 0 Å². The molecule has 0 saturated heterocycles. The smallest absolute Gasteiger partial charge is 0.114 e. The Kier molecular flexibility index (Phi) is 12.8. The summed E-state index contributed by atoms with van der Waals surface area (Å²) in [7, 11) is 0. The lowest BCUT2D eigenvalue weighted by Crippen LogP contribution is -2.44. The highest BCUT2D eigenvalue weighted by molar-refractivity contribution is 5.84. The van der Waals surface area contributed by atoms with Crippen molar-refractivity contribution in [3.05, 3.63) is 177 Å². The Hall–Kier alpha value is -4.78. The van der Waals surface area contributed by atoms with Crippen molar-refractivity contribution in [3.8, 4) is 22.3 Å². The molecule has 5 nitrogen and oxygen atoms in total. The van der Waals surface area contributed by atoms with E-state index in [1.165, 1.54) is 22.3 Å². The summed E-state index contributed by atoms with van der Waals surface area (Å²) in [5.74, 6) is 0.767. The highest BCUT2D eigenvalue weighted by Crippen LogP contribution is 2.38. The lowest BCUT2D eigenvalue weighted by atomic mass is 9.93. The first-order valence-electron chi connectivity index (χ1n) is 18.5. The summed E-state index contributed by atoms with van der Waals surface area (Å²) >= 11 is 0. The first kappa shape index (κ1) is 38.0. The van der Waals surface area contributed by atoms with Gasteiger partial charge >= 0.3 is 0 Å². The minimum atomic E-state index is -0.986. The molecule has 0 aliphatic carbocycles. The number of furan rings is 1. The second kappa shape index (κ2) is 17.8. The van der Waals surface area contributed by atoms with Crippen LogP contribution in [0.4, 0.5) is 0 Å². The average molecular weight is 709 g/mol. The van der Waals surface area contributed by atoms with E-state index in [4.69, 9.17) is 18.6 Å². The maximum atomic E-state index is 12.0. The number of aliphatic hydroxyl groups is 1. The fourth-order valence-electron chi connectivity index (χ4n) is 7.46. The van der Waals surface area contributed by atoms with Crippen LogP contribution in [0.2, 0.25) is 0 Å². The van der Waals surface area contributed by atoms with Gasteiger partial charge in [0.2, 0.25) is 0 Å². The molecule has 3 atom stereocenters. The van der Waals surface area contributed by atoms with Crippen molar-refractivity contribution >= 4 is 0 Å². The monoisotopic (exact) mass is 708 g/mol. The number of rotatable bonds is 16. The van der Waals surface area contributed by atoms with Gasteiger partial charge in [0, 0.05) is 17.5 Å². The number of aryl methyl sites for hydroxylation is 6. The molecule has 53 heavy (non-hydrogen) atoms. The number of hydrogen-bond acceptors (Lipinski definition) is 5. The van der Waals surface area contributed by atoms with Gasteiger partial charge in [0.25, 0.3) is 0 Å². The minimum absolute atomic E-state index is 0.0763. The number of aliphatic hydroxyl groups excluding tert-OH is 1. The molecule has 0 radical (unpaired) electrons. The Morgan fingerprint density at radius 1 is 0.547 bits per heavy atom. The van der Waals surface area contributed by atoms with Crippen molar-refractivity contribution in [2.75, 3.05) is 6.61 Å². The van der Waals surface area contributed by atoms with E-state index >= 15 is 0 Å². The Bertz CT molecular complexity index is 2020. The molecule has 0 aliphatic rings. The van der Waals surface area contributed by atoms with E-state index in [0.717, 1.165) is 55.8 Å². The van der Waals surface area contributed by atoms with Gasteiger partial charge in [-0.05, 0) is 69.4 Å². The van der Waals surface area contributed by atoms with Crippen molar-refractivity contribution in [1.82, 2.24) is 0 Å². The van der Waals surface area contributed by atoms with Crippen molar-refractivity contribution in [2.24, 2.45) is 0 Å². The number of benzene rings is 5. The fraction of sp³-hybridized carbons (Fsp3) is 0.292. The van der Waals surface area contributed by atoms with Gasteiger partial charge in [-0.1, -0.05) is 149 Å². The van der Waals surface area contributed by atoms with Crippen molar-refractivity contribution in [3.63, 3.8) is 0 Å². The van der Waals surface area contributed by atoms with Gasteiger partial charge in [-0.25, -0.2) is 0 Å². The molecule has 5 aromatic carbocycles. The van der Waals surface area contributed by atoms with Crippen molar-refractivity contribution in [2.45, 2.75) is 86.1 Å². The Labute approximate surface area is 315 Å². The van der Waals surface area contributed by atoms with E-state index in [9.17, 15) is 5.11 Å². The van der Waals surface area contributed by atoms with Crippen LogP contribution < -0.4 is 0 Å². The Morgan fingerprint density at radius 2 is 1.00 bits per heavy atom. The van der Waals surface area contributed by atoms with Crippen LogP contribution in [-0.4, -0.2) is 30.0 Å². The summed E-state index contributed by atoms with van der Waals surface area (Å²) in [5, 5.41) is 12.0. The van der Waals surface area contributed by atoms with Crippen LogP contribution in [0.5, 0.6) is 0 Å². The van der Waals surface area contributed by atoms with E-state index in [1.54, 1.807) is 0 Å².